The molecular weight excluding hydrogens is 392 g/mol. The molecule has 0 atom stereocenters. The van der Waals surface area contributed by atoms with Crippen LogP contribution in [-0.2, 0) is 16.1 Å². The van der Waals surface area contributed by atoms with Crippen LogP contribution in [0.2, 0.25) is 0 Å². The highest BCUT2D eigenvalue weighted by Gasteiger charge is 2.19. The molecule has 0 unspecified atom stereocenters. The van der Waals surface area contributed by atoms with Gasteiger partial charge in [-0.25, -0.2) is 9.59 Å². The molecule has 0 fully saturated rings. The maximum Gasteiger partial charge on any atom is 0.339 e. The first-order chi connectivity index (χ1) is 15.2. The number of hydrogen-bond acceptors (Lipinski definition) is 5. The Labute approximate surface area is 185 Å². The number of carbonyl (C=O) groups is 2. The first kappa shape index (κ1) is 24.4. The molecule has 0 bridgehead atoms. The van der Waals surface area contributed by atoms with Gasteiger partial charge in [-0.15, -0.1) is 0 Å². The summed E-state index contributed by atoms with van der Waals surface area (Å²) < 4.78 is 16.0. The molecule has 0 aliphatic carbocycles. The van der Waals surface area contributed by atoms with E-state index in [4.69, 9.17) is 14.2 Å². The van der Waals surface area contributed by atoms with E-state index in [1.807, 2.05) is 18.2 Å². The van der Waals surface area contributed by atoms with E-state index in [2.05, 4.69) is 6.92 Å². The number of rotatable bonds is 14. The molecular formula is C26H34O5. The Morgan fingerprint density at radius 2 is 1.35 bits per heavy atom. The molecule has 0 radical (unpaired) electrons. The largest absolute Gasteiger partial charge is 0.497 e. The lowest BCUT2D eigenvalue weighted by Crippen LogP contribution is -2.14. The summed E-state index contributed by atoms with van der Waals surface area (Å²) in [5.74, 6) is -0.349. The fourth-order valence-corrected chi connectivity index (χ4v) is 3.31. The standard InChI is InChI=1S/C26H34O5/c1-3-4-5-6-7-8-9-12-18-30-25(27)23-16-10-11-17-24(23)26(28)31-20-21-14-13-15-22(19-21)29-2/h10-11,13-17,19H,3-9,12,18,20H2,1-2H3. The molecule has 2 aromatic carbocycles. The van der Waals surface area contributed by atoms with Crippen molar-refractivity contribution in [2.24, 2.45) is 0 Å². The highest BCUT2D eigenvalue weighted by Crippen LogP contribution is 2.16. The second kappa shape index (κ2) is 14.2. The zero-order valence-electron chi connectivity index (χ0n) is 18.7. The Kier molecular flexibility index (Phi) is 11.2. The van der Waals surface area contributed by atoms with Gasteiger partial charge in [-0.05, 0) is 36.2 Å². The van der Waals surface area contributed by atoms with Gasteiger partial charge in [-0.1, -0.05) is 76.1 Å². The van der Waals surface area contributed by atoms with Crippen LogP contribution < -0.4 is 4.74 Å². The van der Waals surface area contributed by atoms with Crippen LogP contribution >= 0.6 is 0 Å². The summed E-state index contributed by atoms with van der Waals surface area (Å²) in [5.41, 5.74) is 1.26. The molecule has 0 saturated heterocycles. The molecule has 2 rings (SSSR count). The summed E-state index contributed by atoms with van der Waals surface area (Å²) in [6.07, 6.45) is 9.41. The van der Waals surface area contributed by atoms with E-state index in [1.54, 1.807) is 37.4 Å². The lowest BCUT2D eigenvalue weighted by Gasteiger charge is -2.10. The molecule has 168 valence electrons. The molecule has 0 aliphatic rings. The van der Waals surface area contributed by atoms with Crippen molar-refractivity contribution in [2.75, 3.05) is 13.7 Å². The minimum Gasteiger partial charge on any atom is -0.497 e. The van der Waals surface area contributed by atoms with Gasteiger partial charge in [0.2, 0.25) is 0 Å². The summed E-state index contributed by atoms with van der Waals surface area (Å²) in [7, 11) is 1.58. The van der Waals surface area contributed by atoms with Gasteiger partial charge in [0, 0.05) is 0 Å². The molecule has 0 aromatic heterocycles. The third-order valence-electron chi connectivity index (χ3n) is 5.10. The molecule has 0 N–H and O–H groups in total. The van der Waals surface area contributed by atoms with Crippen molar-refractivity contribution in [3.05, 3.63) is 65.2 Å². The topological polar surface area (TPSA) is 61.8 Å². The van der Waals surface area contributed by atoms with Gasteiger partial charge >= 0.3 is 11.9 Å². The molecule has 0 saturated carbocycles. The van der Waals surface area contributed by atoms with Gasteiger partial charge in [-0.2, -0.15) is 0 Å². The predicted octanol–water partition coefficient (Wildman–Crippen LogP) is 6.35. The van der Waals surface area contributed by atoms with Crippen molar-refractivity contribution >= 4 is 11.9 Å². The van der Waals surface area contributed by atoms with Gasteiger partial charge in [0.05, 0.1) is 24.8 Å². The minimum atomic E-state index is -0.553. The monoisotopic (exact) mass is 426 g/mol. The molecule has 0 aliphatic heterocycles. The van der Waals surface area contributed by atoms with Gasteiger partial charge in [0.15, 0.2) is 0 Å². The lowest BCUT2D eigenvalue weighted by molar-refractivity contribution is 0.0436. The molecule has 31 heavy (non-hydrogen) atoms. The van der Waals surface area contributed by atoms with E-state index in [0.717, 1.165) is 24.8 Å². The fourth-order valence-electron chi connectivity index (χ4n) is 3.31. The van der Waals surface area contributed by atoms with Crippen molar-refractivity contribution in [3.63, 3.8) is 0 Å². The van der Waals surface area contributed by atoms with Gasteiger partial charge in [0.25, 0.3) is 0 Å². The quantitative estimate of drug-likeness (QED) is 0.260. The Bertz CT molecular complexity index is 815. The van der Waals surface area contributed by atoms with E-state index in [1.165, 1.54) is 32.1 Å². The first-order valence-electron chi connectivity index (χ1n) is 11.2. The first-order valence-corrected chi connectivity index (χ1v) is 11.2. The number of benzene rings is 2. The summed E-state index contributed by atoms with van der Waals surface area (Å²) >= 11 is 0. The highest BCUT2D eigenvalue weighted by atomic mass is 16.5. The zero-order valence-corrected chi connectivity index (χ0v) is 18.7. The maximum absolute atomic E-state index is 12.6. The Morgan fingerprint density at radius 3 is 2.00 bits per heavy atom. The number of hydrogen-bond donors (Lipinski definition) is 0. The van der Waals surface area contributed by atoms with E-state index in [-0.39, 0.29) is 17.7 Å². The summed E-state index contributed by atoms with van der Waals surface area (Å²) in [5, 5.41) is 0. The Balaban J connectivity index is 1.79. The van der Waals surface area contributed by atoms with Crippen molar-refractivity contribution in [3.8, 4) is 5.75 Å². The van der Waals surface area contributed by atoms with Crippen LogP contribution in [0.1, 0.15) is 84.6 Å². The number of unbranched alkanes of at least 4 members (excludes halogenated alkanes) is 7. The minimum absolute atomic E-state index is 0.0949. The van der Waals surface area contributed by atoms with Crippen LogP contribution in [0, 0.1) is 0 Å². The zero-order chi connectivity index (χ0) is 22.3. The third kappa shape index (κ3) is 8.83. The molecule has 5 heteroatoms. The fraction of sp³-hybridized carbons (Fsp3) is 0.462. The highest BCUT2D eigenvalue weighted by molar-refractivity contribution is 6.03. The van der Waals surface area contributed by atoms with Crippen molar-refractivity contribution < 1.29 is 23.8 Å². The summed E-state index contributed by atoms with van der Waals surface area (Å²) in [4.78, 5) is 25.0. The average Bonchev–Trinajstić information content (AvgIpc) is 2.81. The molecule has 0 heterocycles. The number of methoxy groups -OCH3 is 1. The van der Waals surface area contributed by atoms with E-state index < -0.39 is 11.9 Å². The Morgan fingerprint density at radius 1 is 0.742 bits per heavy atom. The van der Waals surface area contributed by atoms with Crippen LogP contribution in [0.25, 0.3) is 0 Å². The molecule has 2 aromatic rings. The average molecular weight is 427 g/mol. The molecule has 0 amide bonds. The van der Waals surface area contributed by atoms with Gasteiger partial charge in [0.1, 0.15) is 12.4 Å². The second-order valence-corrected chi connectivity index (χ2v) is 7.58. The molecule has 0 spiro atoms. The van der Waals surface area contributed by atoms with E-state index in [9.17, 15) is 9.59 Å². The van der Waals surface area contributed by atoms with Crippen molar-refractivity contribution in [2.45, 2.75) is 64.9 Å². The third-order valence-corrected chi connectivity index (χ3v) is 5.10. The van der Waals surface area contributed by atoms with Gasteiger partial charge < -0.3 is 14.2 Å². The van der Waals surface area contributed by atoms with Gasteiger partial charge in [-0.3, -0.25) is 0 Å². The Hall–Kier alpha value is -2.82. The molecule has 5 nitrogen and oxygen atoms in total. The van der Waals surface area contributed by atoms with Crippen molar-refractivity contribution in [1.29, 1.82) is 0 Å². The number of esters is 2. The lowest BCUT2D eigenvalue weighted by atomic mass is 10.1. The SMILES string of the molecule is CCCCCCCCCCOC(=O)c1ccccc1C(=O)OCc1cccc(OC)c1. The second-order valence-electron chi connectivity index (χ2n) is 7.58. The van der Waals surface area contributed by atoms with Crippen LogP contribution in [0.5, 0.6) is 5.75 Å². The van der Waals surface area contributed by atoms with Crippen LogP contribution in [0.15, 0.2) is 48.5 Å². The van der Waals surface area contributed by atoms with Crippen molar-refractivity contribution in [1.82, 2.24) is 0 Å². The predicted molar refractivity (Wildman–Crippen MR) is 121 cm³/mol. The number of carbonyl (C=O) groups excluding carboxylic acids is 2. The normalized spacial score (nSPS) is 10.5. The van der Waals surface area contributed by atoms with E-state index in [0.29, 0.717) is 12.4 Å². The summed E-state index contributed by atoms with van der Waals surface area (Å²) in [6, 6.07) is 13.9. The van der Waals surface area contributed by atoms with Crippen LogP contribution in [0.4, 0.5) is 0 Å². The number of ether oxygens (including phenoxy) is 3. The smallest absolute Gasteiger partial charge is 0.339 e. The van der Waals surface area contributed by atoms with Crippen LogP contribution in [-0.4, -0.2) is 25.7 Å². The summed E-state index contributed by atoms with van der Waals surface area (Å²) in [6.45, 7) is 2.67. The van der Waals surface area contributed by atoms with E-state index >= 15 is 0 Å². The van der Waals surface area contributed by atoms with Crippen LogP contribution in [0.3, 0.4) is 0 Å². The maximum atomic E-state index is 12.6.